The Morgan fingerprint density at radius 2 is 2.14 bits per heavy atom. The highest BCUT2D eigenvalue weighted by Crippen LogP contribution is 2.33. The first-order valence-corrected chi connectivity index (χ1v) is 8.46. The molecule has 0 aromatic heterocycles. The highest BCUT2D eigenvalue weighted by atomic mass is 32.2. The highest BCUT2D eigenvalue weighted by molar-refractivity contribution is 7.99. The first kappa shape index (κ1) is 15.9. The Balaban J connectivity index is 1.75. The van der Waals surface area contributed by atoms with Crippen LogP contribution in [-0.4, -0.2) is 35.0 Å². The number of hydrogen-bond donors (Lipinski definition) is 2. The maximum atomic E-state index is 12.0. The van der Waals surface area contributed by atoms with E-state index in [0.29, 0.717) is 24.6 Å². The minimum Gasteiger partial charge on any atom is -0.481 e. The molecule has 1 unspecified atom stereocenters. The minimum atomic E-state index is -0.815. The van der Waals surface area contributed by atoms with Crippen molar-refractivity contribution < 1.29 is 14.7 Å². The maximum absolute atomic E-state index is 12.0. The van der Waals surface area contributed by atoms with Gasteiger partial charge in [-0.25, -0.2) is 0 Å². The van der Waals surface area contributed by atoms with E-state index < -0.39 is 5.97 Å². The van der Waals surface area contributed by atoms with Gasteiger partial charge >= 0.3 is 5.97 Å². The van der Waals surface area contributed by atoms with Gasteiger partial charge in [-0.1, -0.05) is 24.3 Å². The fourth-order valence-corrected chi connectivity index (χ4v) is 3.35. The standard InChI is InChI=1S/C16H21NO3S/c18-15(17-8-9-21-11-16(19)20)10-13-6-3-5-12-4-1-2-7-14(12)13/h1-2,4,7,13H,3,5-6,8-11H2,(H,17,18)(H,19,20). The number of carboxylic acids is 1. The highest BCUT2D eigenvalue weighted by Gasteiger charge is 2.21. The van der Waals surface area contributed by atoms with E-state index in [-0.39, 0.29) is 11.7 Å². The molecule has 4 nitrogen and oxygen atoms in total. The molecule has 1 aromatic rings. The molecule has 2 rings (SSSR count). The van der Waals surface area contributed by atoms with Crippen molar-refractivity contribution in [3.8, 4) is 0 Å². The largest absolute Gasteiger partial charge is 0.481 e. The number of rotatable bonds is 7. The van der Waals surface area contributed by atoms with Crippen molar-refractivity contribution >= 4 is 23.6 Å². The number of amides is 1. The number of benzene rings is 1. The van der Waals surface area contributed by atoms with Gasteiger partial charge in [0.1, 0.15) is 0 Å². The quantitative estimate of drug-likeness (QED) is 0.759. The van der Waals surface area contributed by atoms with E-state index >= 15 is 0 Å². The predicted molar refractivity (Wildman–Crippen MR) is 84.7 cm³/mol. The molecule has 0 heterocycles. The van der Waals surface area contributed by atoms with Crippen LogP contribution in [0.3, 0.4) is 0 Å². The van der Waals surface area contributed by atoms with E-state index in [2.05, 4.69) is 23.5 Å². The van der Waals surface area contributed by atoms with Gasteiger partial charge in [-0.2, -0.15) is 0 Å². The second-order valence-corrected chi connectivity index (χ2v) is 6.39. The summed E-state index contributed by atoms with van der Waals surface area (Å²) >= 11 is 1.32. The summed E-state index contributed by atoms with van der Waals surface area (Å²) in [4.78, 5) is 22.3. The molecular weight excluding hydrogens is 286 g/mol. The van der Waals surface area contributed by atoms with Gasteiger partial charge in [0.05, 0.1) is 5.75 Å². The van der Waals surface area contributed by atoms with Crippen molar-refractivity contribution in [1.82, 2.24) is 5.32 Å². The fourth-order valence-electron chi connectivity index (χ4n) is 2.78. The summed E-state index contributed by atoms with van der Waals surface area (Å²) in [7, 11) is 0. The summed E-state index contributed by atoms with van der Waals surface area (Å²) in [5.74, 6) is 0.296. The molecule has 5 heteroatoms. The first-order valence-electron chi connectivity index (χ1n) is 7.31. The van der Waals surface area contributed by atoms with Crippen molar-refractivity contribution in [3.63, 3.8) is 0 Å². The second-order valence-electron chi connectivity index (χ2n) is 5.29. The number of carbonyl (C=O) groups is 2. The lowest BCUT2D eigenvalue weighted by Gasteiger charge is -2.25. The zero-order valence-electron chi connectivity index (χ0n) is 12.0. The molecule has 2 N–H and O–H groups in total. The van der Waals surface area contributed by atoms with Crippen molar-refractivity contribution in [2.75, 3.05) is 18.1 Å². The number of nitrogens with one attached hydrogen (secondary N) is 1. The Morgan fingerprint density at radius 3 is 2.95 bits per heavy atom. The van der Waals surface area contributed by atoms with Crippen molar-refractivity contribution in [2.24, 2.45) is 0 Å². The lowest BCUT2D eigenvalue weighted by molar-refractivity contribution is -0.133. The van der Waals surface area contributed by atoms with E-state index in [1.807, 2.05) is 6.07 Å². The third-order valence-corrected chi connectivity index (χ3v) is 4.66. The van der Waals surface area contributed by atoms with Gasteiger partial charge in [-0.3, -0.25) is 9.59 Å². The summed E-state index contributed by atoms with van der Waals surface area (Å²) < 4.78 is 0. The molecular formula is C16H21NO3S. The van der Waals surface area contributed by atoms with Crippen LogP contribution in [-0.2, 0) is 16.0 Å². The number of aryl methyl sites for hydroxylation is 1. The van der Waals surface area contributed by atoms with E-state index in [4.69, 9.17) is 5.11 Å². The Hall–Kier alpha value is -1.49. The Morgan fingerprint density at radius 1 is 1.33 bits per heavy atom. The molecule has 21 heavy (non-hydrogen) atoms. The van der Waals surface area contributed by atoms with E-state index in [1.54, 1.807) is 0 Å². The van der Waals surface area contributed by atoms with Gasteiger partial charge in [-0.05, 0) is 36.3 Å². The fraction of sp³-hybridized carbons (Fsp3) is 0.500. The lowest BCUT2D eigenvalue weighted by Crippen LogP contribution is -2.28. The molecule has 0 bridgehead atoms. The van der Waals surface area contributed by atoms with Gasteiger partial charge in [-0.15, -0.1) is 11.8 Å². The summed E-state index contributed by atoms with van der Waals surface area (Å²) in [6, 6.07) is 8.38. The van der Waals surface area contributed by atoms with Crippen LogP contribution >= 0.6 is 11.8 Å². The third-order valence-electron chi connectivity index (χ3n) is 3.72. The molecule has 1 aliphatic rings. The molecule has 0 saturated carbocycles. The van der Waals surface area contributed by atoms with Gasteiger partial charge in [0, 0.05) is 18.7 Å². The zero-order valence-corrected chi connectivity index (χ0v) is 12.8. The van der Waals surface area contributed by atoms with Crippen molar-refractivity contribution in [3.05, 3.63) is 35.4 Å². The molecule has 0 radical (unpaired) electrons. The van der Waals surface area contributed by atoms with Crippen LogP contribution in [0.2, 0.25) is 0 Å². The summed E-state index contributed by atoms with van der Waals surface area (Å²) in [6.45, 7) is 0.533. The number of thioether (sulfide) groups is 1. The van der Waals surface area contributed by atoms with Crippen LogP contribution in [0.15, 0.2) is 24.3 Å². The van der Waals surface area contributed by atoms with Crippen LogP contribution in [0.25, 0.3) is 0 Å². The van der Waals surface area contributed by atoms with E-state index in [9.17, 15) is 9.59 Å². The third kappa shape index (κ3) is 5.08. The van der Waals surface area contributed by atoms with Gasteiger partial charge < -0.3 is 10.4 Å². The Labute approximate surface area is 129 Å². The first-order chi connectivity index (χ1) is 10.2. The zero-order chi connectivity index (χ0) is 15.1. The molecule has 1 aliphatic carbocycles. The SMILES string of the molecule is O=C(O)CSCCNC(=O)CC1CCCc2ccccc21. The smallest absolute Gasteiger partial charge is 0.313 e. The van der Waals surface area contributed by atoms with Crippen LogP contribution in [0, 0.1) is 0 Å². The summed E-state index contributed by atoms with van der Waals surface area (Å²) in [6.07, 6.45) is 3.85. The van der Waals surface area contributed by atoms with Crippen molar-refractivity contribution in [1.29, 1.82) is 0 Å². The Bertz CT molecular complexity index is 504. The van der Waals surface area contributed by atoms with Gasteiger partial charge in [0.2, 0.25) is 5.91 Å². The van der Waals surface area contributed by atoms with Gasteiger partial charge in [0.15, 0.2) is 0 Å². The summed E-state index contributed by atoms with van der Waals surface area (Å²) in [5.41, 5.74) is 2.69. The van der Waals surface area contributed by atoms with Gasteiger partial charge in [0.25, 0.3) is 0 Å². The molecule has 1 atom stereocenters. The number of aliphatic carboxylic acids is 1. The maximum Gasteiger partial charge on any atom is 0.313 e. The predicted octanol–water partition coefficient (Wildman–Crippen LogP) is 2.43. The monoisotopic (exact) mass is 307 g/mol. The average molecular weight is 307 g/mol. The Kier molecular flexibility index (Phi) is 6.11. The molecule has 114 valence electrons. The minimum absolute atomic E-state index is 0.0626. The molecule has 0 aliphatic heterocycles. The topological polar surface area (TPSA) is 66.4 Å². The molecule has 1 amide bonds. The van der Waals surface area contributed by atoms with Crippen LogP contribution in [0.4, 0.5) is 0 Å². The van der Waals surface area contributed by atoms with E-state index in [0.717, 1.165) is 19.3 Å². The summed E-state index contributed by atoms with van der Waals surface area (Å²) in [5, 5.41) is 11.4. The van der Waals surface area contributed by atoms with Crippen molar-refractivity contribution in [2.45, 2.75) is 31.6 Å². The number of fused-ring (bicyclic) bond motifs is 1. The molecule has 0 fully saturated rings. The van der Waals surface area contributed by atoms with E-state index in [1.165, 1.54) is 22.9 Å². The molecule has 0 saturated heterocycles. The number of carbonyl (C=O) groups excluding carboxylic acids is 1. The van der Waals surface area contributed by atoms with Crippen LogP contribution in [0.5, 0.6) is 0 Å². The van der Waals surface area contributed by atoms with Crippen LogP contribution < -0.4 is 5.32 Å². The number of hydrogen-bond acceptors (Lipinski definition) is 3. The second kappa shape index (κ2) is 8.08. The average Bonchev–Trinajstić information content (AvgIpc) is 2.47. The molecule has 1 aromatic carbocycles. The molecule has 0 spiro atoms. The number of carboxylic acid groups (broad SMARTS) is 1. The lowest BCUT2D eigenvalue weighted by atomic mass is 9.81. The van der Waals surface area contributed by atoms with Crippen LogP contribution in [0.1, 0.15) is 36.3 Å². The normalized spacial score (nSPS) is 17.0.